The number of piperidine rings is 1. The molecule has 1 saturated heterocycles. The van der Waals surface area contributed by atoms with E-state index in [1.165, 1.54) is 19.2 Å². The van der Waals surface area contributed by atoms with Crippen LogP contribution >= 0.6 is 0 Å². The summed E-state index contributed by atoms with van der Waals surface area (Å²) in [5, 5.41) is 0. The van der Waals surface area contributed by atoms with Crippen molar-refractivity contribution in [2.24, 2.45) is 11.7 Å². The molecule has 2 rings (SSSR count). The van der Waals surface area contributed by atoms with Crippen LogP contribution in [0.3, 0.4) is 0 Å². The molecule has 20 heavy (non-hydrogen) atoms. The maximum absolute atomic E-state index is 13.6. The van der Waals surface area contributed by atoms with Crippen LogP contribution in [0.4, 0.5) is 4.39 Å². The van der Waals surface area contributed by atoms with Crippen molar-refractivity contribution in [2.45, 2.75) is 19.3 Å². The van der Waals surface area contributed by atoms with E-state index in [0.29, 0.717) is 18.0 Å². The molecule has 1 aromatic rings. The van der Waals surface area contributed by atoms with Crippen molar-refractivity contribution in [2.75, 3.05) is 26.7 Å². The van der Waals surface area contributed by atoms with Crippen molar-refractivity contribution in [3.05, 3.63) is 29.6 Å². The molecule has 0 spiro atoms. The van der Waals surface area contributed by atoms with Gasteiger partial charge in [-0.25, -0.2) is 4.39 Å². The molecule has 0 atom stereocenters. The Bertz CT molecular complexity index is 471. The Morgan fingerprint density at radius 2 is 2.15 bits per heavy atom. The molecule has 0 aromatic heterocycles. The fraction of sp³-hybridized carbons (Fsp3) is 0.533. The number of nitrogens with zero attached hydrogens (tertiary/aromatic N) is 1. The fourth-order valence-corrected chi connectivity index (χ4v) is 2.64. The first-order valence-corrected chi connectivity index (χ1v) is 6.98. The summed E-state index contributed by atoms with van der Waals surface area (Å²) in [5.74, 6) is 0.147. The lowest BCUT2D eigenvalue weighted by molar-refractivity contribution is 0.0687. The van der Waals surface area contributed by atoms with E-state index >= 15 is 0 Å². The lowest BCUT2D eigenvalue weighted by Crippen LogP contribution is -2.38. The van der Waals surface area contributed by atoms with E-state index in [0.717, 1.165) is 32.4 Å². The van der Waals surface area contributed by atoms with Crippen molar-refractivity contribution >= 4 is 5.91 Å². The Balaban J connectivity index is 2.00. The van der Waals surface area contributed by atoms with E-state index in [4.69, 9.17) is 10.5 Å². The standard InChI is InChI=1S/C15H21FN2O2/c1-20-14-3-2-12(10-13(14)16)15(19)18-8-5-11(4-7-17)6-9-18/h2-3,10-11H,4-9,17H2,1H3. The van der Waals surface area contributed by atoms with Gasteiger partial charge in [-0.1, -0.05) is 0 Å². The van der Waals surface area contributed by atoms with E-state index in [2.05, 4.69) is 0 Å². The normalized spacial score (nSPS) is 16.2. The highest BCUT2D eigenvalue weighted by Crippen LogP contribution is 2.23. The van der Waals surface area contributed by atoms with Crippen LogP contribution in [0.15, 0.2) is 18.2 Å². The molecule has 110 valence electrons. The second-order valence-electron chi connectivity index (χ2n) is 5.16. The van der Waals surface area contributed by atoms with Gasteiger partial charge in [-0.2, -0.15) is 0 Å². The maximum atomic E-state index is 13.6. The summed E-state index contributed by atoms with van der Waals surface area (Å²) in [6, 6.07) is 4.34. The predicted molar refractivity (Wildman–Crippen MR) is 75.3 cm³/mol. The lowest BCUT2D eigenvalue weighted by Gasteiger charge is -2.32. The van der Waals surface area contributed by atoms with Crippen LogP contribution in [0.25, 0.3) is 0 Å². The highest BCUT2D eigenvalue weighted by atomic mass is 19.1. The molecule has 0 aliphatic carbocycles. The minimum Gasteiger partial charge on any atom is -0.494 e. The Morgan fingerprint density at radius 1 is 1.45 bits per heavy atom. The number of ether oxygens (including phenoxy) is 1. The summed E-state index contributed by atoms with van der Waals surface area (Å²) in [5.41, 5.74) is 5.93. The second kappa shape index (κ2) is 6.70. The van der Waals surface area contributed by atoms with E-state index in [9.17, 15) is 9.18 Å². The zero-order chi connectivity index (χ0) is 14.5. The number of nitrogens with two attached hydrogens (primary N) is 1. The van der Waals surface area contributed by atoms with E-state index in [1.807, 2.05) is 0 Å². The quantitative estimate of drug-likeness (QED) is 0.918. The predicted octanol–water partition coefficient (Wildman–Crippen LogP) is 2.04. The van der Waals surface area contributed by atoms with Gasteiger partial charge in [-0.15, -0.1) is 0 Å². The largest absolute Gasteiger partial charge is 0.494 e. The second-order valence-corrected chi connectivity index (χ2v) is 5.16. The van der Waals surface area contributed by atoms with E-state index in [1.54, 1.807) is 11.0 Å². The molecular weight excluding hydrogens is 259 g/mol. The number of amides is 1. The molecule has 4 nitrogen and oxygen atoms in total. The third-order valence-electron chi connectivity index (χ3n) is 3.88. The van der Waals surface area contributed by atoms with E-state index in [-0.39, 0.29) is 11.7 Å². The molecule has 1 fully saturated rings. The Kier molecular flexibility index (Phi) is 4.95. The van der Waals surface area contributed by atoms with Gasteiger partial charge in [0, 0.05) is 18.7 Å². The average Bonchev–Trinajstić information content (AvgIpc) is 2.47. The van der Waals surface area contributed by atoms with Crippen LogP contribution in [0.2, 0.25) is 0 Å². The maximum Gasteiger partial charge on any atom is 0.253 e. The summed E-state index contributed by atoms with van der Waals surface area (Å²) < 4.78 is 18.5. The van der Waals surface area contributed by atoms with Crippen LogP contribution in [0, 0.1) is 11.7 Å². The molecule has 0 saturated carbocycles. The number of hydrogen-bond acceptors (Lipinski definition) is 3. The molecule has 1 heterocycles. The first-order valence-electron chi connectivity index (χ1n) is 6.98. The molecule has 2 N–H and O–H groups in total. The summed E-state index contributed by atoms with van der Waals surface area (Å²) >= 11 is 0. The highest BCUT2D eigenvalue weighted by molar-refractivity contribution is 5.94. The zero-order valence-corrected chi connectivity index (χ0v) is 11.8. The van der Waals surface area contributed by atoms with Gasteiger partial charge in [0.25, 0.3) is 5.91 Å². The van der Waals surface area contributed by atoms with Crippen LogP contribution < -0.4 is 10.5 Å². The topological polar surface area (TPSA) is 55.6 Å². The molecule has 0 radical (unpaired) electrons. The minimum absolute atomic E-state index is 0.113. The fourth-order valence-electron chi connectivity index (χ4n) is 2.64. The molecule has 1 aliphatic heterocycles. The molecule has 0 bridgehead atoms. The Hall–Kier alpha value is -1.62. The van der Waals surface area contributed by atoms with Gasteiger partial charge in [0.2, 0.25) is 0 Å². The molecular formula is C15H21FN2O2. The van der Waals surface area contributed by atoms with Gasteiger partial charge >= 0.3 is 0 Å². The molecule has 0 unspecified atom stereocenters. The van der Waals surface area contributed by atoms with Gasteiger partial charge in [0.1, 0.15) is 0 Å². The molecule has 5 heteroatoms. The average molecular weight is 280 g/mol. The van der Waals surface area contributed by atoms with Gasteiger partial charge in [0.05, 0.1) is 7.11 Å². The zero-order valence-electron chi connectivity index (χ0n) is 11.8. The molecule has 1 amide bonds. The summed E-state index contributed by atoms with van der Waals surface area (Å²) in [7, 11) is 1.40. The monoisotopic (exact) mass is 280 g/mol. The summed E-state index contributed by atoms with van der Waals surface area (Å²) in [4.78, 5) is 14.1. The van der Waals surface area contributed by atoms with Gasteiger partial charge < -0.3 is 15.4 Å². The number of halogens is 1. The first-order chi connectivity index (χ1) is 9.65. The van der Waals surface area contributed by atoms with Crippen molar-refractivity contribution in [1.29, 1.82) is 0 Å². The summed E-state index contributed by atoms with van der Waals surface area (Å²) in [6.07, 6.45) is 2.96. The van der Waals surface area contributed by atoms with E-state index < -0.39 is 5.82 Å². The van der Waals surface area contributed by atoms with Crippen molar-refractivity contribution in [3.63, 3.8) is 0 Å². The third-order valence-corrected chi connectivity index (χ3v) is 3.88. The van der Waals surface area contributed by atoms with Crippen LogP contribution in [0.1, 0.15) is 29.6 Å². The number of likely N-dealkylation sites (tertiary alicyclic amines) is 1. The van der Waals surface area contributed by atoms with Crippen molar-refractivity contribution < 1.29 is 13.9 Å². The number of carbonyl (C=O) groups is 1. The number of hydrogen-bond donors (Lipinski definition) is 1. The van der Waals surface area contributed by atoms with Gasteiger partial charge in [-0.3, -0.25) is 4.79 Å². The van der Waals surface area contributed by atoms with Gasteiger partial charge in [0.15, 0.2) is 11.6 Å². The van der Waals surface area contributed by atoms with Crippen molar-refractivity contribution in [3.8, 4) is 5.75 Å². The Morgan fingerprint density at radius 3 is 2.70 bits per heavy atom. The number of methoxy groups -OCH3 is 1. The number of benzene rings is 1. The van der Waals surface area contributed by atoms with Crippen LogP contribution in [-0.4, -0.2) is 37.6 Å². The summed E-state index contributed by atoms with van der Waals surface area (Å²) in [6.45, 7) is 2.14. The number of rotatable bonds is 4. The smallest absolute Gasteiger partial charge is 0.253 e. The minimum atomic E-state index is -0.503. The third kappa shape index (κ3) is 3.28. The SMILES string of the molecule is COc1ccc(C(=O)N2CCC(CCN)CC2)cc1F. The van der Waals surface area contributed by atoms with Crippen LogP contribution in [0.5, 0.6) is 5.75 Å². The Labute approximate surface area is 118 Å². The molecule has 1 aliphatic rings. The van der Waals surface area contributed by atoms with Crippen LogP contribution in [-0.2, 0) is 0 Å². The first kappa shape index (κ1) is 14.8. The lowest BCUT2D eigenvalue weighted by atomic mass is 9.93. The highest BCUT2D eigenvalue weighted by Gasteiger charge is 2.23. The van der Waals surface area contributed by atoms with Crippen molar-refractivity contribution in [1.82, 2.24) is 4.90 Å². The van der Waals surface area contributed by atoms with Gasteiger partial charge in [-0.05, 0) is 49.9 Å². The number of carbonyl (C=O) groups excluding carboxylic acids is 1. The molecule has 1 aromatic carbocycles.